The Labute approximate surface area is 213 Å². The maximum absolute atomic E-state index is 13.8. The first kappa shape index (κ1) is 26.4. The number of ether oxygens (including phenoxy) is 2. The van der Waals surface area contributed by atoms with E-state index in [0.29, 0.717) is 63.0 Å². The number of anilines is 2. The van der Waals surface area contributed by atoms with E-state index >= 15 is 0 Å². The van der Waals surface area contributed by atoms with Gasteiger partial charge in [-0.3, -0.25) is 14.4 Å². The summed E-state index contributed by atoms with van der Waals surface area (Å²) in [5.74, 6) is 0.663. The van der Waals surface area contributed by atoms with Gasteiger partial charge in [0.15, 0.2) is 6.61 Å². The monoisotopic (exact) mass is 500 g/mol. The number of hydrogen-bond acceptors (Lipinski definition) is 6. The van der Waals surface area contributed by atoms with Crippen LogP contribution in [0.3, 0.4) is 0 Å². The Balaban J connectivity index is 1.48. The number of nitrogens with one attached hydrogen (secondary N) is 2. The highest BCUT2D eigenvalue weighted by atomic mass is 16.5. The van der Waals surface area contributed by atoms with Crippen LogP contribution in [0, 0.1) is 17.8 Å². The maximum atomic E-state index is 13.8. The summed E-state index contributed by atoms with van der Waals surface area (Å²) >= 11 is 0. The molecule has 1 saturated carbocycles. The zero-order chi connectivity index (χ0) is 25.7. The van der Waals surface area contributed by atoms with E-state index in [0.717, 1.165) is 24.9 Å². The summed E-state index contributed by atoms with van der Waals surface area (Å²) in [6, 6.07) is 5.82. The van der Waals surface area contributed by atoms with E-state index in [9.17, 15) is 14.4 Å². The van der Waals surface area contributed by atoms with Crippen LogP contribution in [0.2, 0.25) is 0 Å². The van der Waals surface area contributed by atoms with Crippen molar-refractivity contribution in [2.45, 2.75) is 52.0 Å². The summed E-state index contributed by atoms with van der Waals surface area (Å²) in [6.45, 7) is 7.20. The molecule has 1 aromatic rings. The van der Waals surface area contributed by atoms with Crippen molar-refractivity contribution >= 4 is 29.1 Å². The van der Waals surface area contributed by atoms with E-state index in [-0.39, 0.29) is 42.2 Å². The quantitative estimate of drug-likeness (QED) is 0.453. The van der Waals surface area contributed by atoms with Crippen molar-refractivity contribution in [1.82, 2.24) is 10.6 Å². The lowest BCUT2D eigenvalue weighted by Gasteiger charge is -2.34. The fraction of sp³-hybridized carbons (Fsp3) is 0.667. The fourth-order valence-corrected chi connectivity index (χ4v) is 4.96. The van der Waals surface area contributed by atoms with Crippen molar-refractivity contribution in [2.75, 3.05) is 56.3 Å². The van der Waals surface area contributed by atoms with Gasteiger partial charge in [-0.05, 0) is 56.2 Å². The zero-order valence-corrected chi connectivity index (χ0v) is 21.8. The number of carbonyl (C=O) groups excluding carboxylic acids is 3. The number of piperidine rings is 1. The Morgan fingerprint density at radius 2 is 2.03 bits per heavy atom. The number of nitrogens with zero attached hydrogens (tertiary/aromatic N) is 2. The molecule has 1 aliphatic carbocycles. The molecule has 3 aliphatic rings. The molecule has 4 rings (SSSR count). The standard InChI is InChI=1S/C27H40N4O5/c1-18(2)9-10-29-26(33)19-13-20(16-28-15-19)27(34)31(21-5-6-21)22-7-8-24-23(14-22)30(11-4-12-35-3)25(32)17-36-24/h7-8,14,18-21,28H,4-6,9-13,15-17H2,1-3H3,(H,29,33)/t19-,20-/m0/s1. The molecule has 9 heteroatoms. The highest BCUT2D eigenvalue weighted by molar-refractivity contribution is 6.01. The van der Waals surface area contributed by atoms with Gasteiger partial charge in [-0.15, -0.1) is 0 Å². The Morgan fingerprint density at radius 1 is 1.25 bits per heavy atom. The van der Waals surface area contributed by atoms with Gasteiger partial charge in [0, 0.05) is 51.6 Å². The molecule has 0 bridgehead atoms. The van der Waals surface area contributed by atoms with E-state index in [1.165, 1.54) is 0 Å². The molecule has 2 atom stereocenters. The minimum Gasteiger partial charge on any atom is -0.482 e. The molecule has 2 fully saturated rings. The summed E-state index contributed by atoms with van der Waals surface area (Å²) in [4.78, 5) is 42.8. The van der Waals surface area contributed by atoms with Gasteiger partial charge in [0.25, 0.3) is 5.91 Å². The molecule has 0 aromatic heterocycles. The number of amides is 3. The molecular formula is C27H40N4O5. The third-order valence-corrected chi connectivity index (χ3v) is 7.13. The Morgan fingerprint density at radius 3 is 2.75 bits per heavy atom. The number of fused-ring (bicyclic) bond motifs is 1. The van der Waals surface area contributed by atoms with Crippen LogP contribution < -0.4 is 25.2 Å². The lowest BCUT2D eigenvalue weighted by molar-refractivity contribution is -0.128. The smallest absolute Gasteiger partial charge is 0.265 e. The van der Waals surface area contributed by atoms with Gasteiger partial charge >= 0.3 is 0 Å². The Bertz CT molecular complexity index is 948. The van der Waals surface area contributed by atoms with Crippen LogP contribution in [0.1, 0.15) is 46.0 Å². The minimum absolute atomic E-state index is 0.0129. The van der Waals surface area contributed by atoms with E-state index < -0.39 is 0 Å². The molecule has 0 radical (unpaired) electrons. The van der Waals surface area contributed by atoms with Gasteiger partial charge in [0.2, 0.25) is 11.8 Å². The fourth-order valence-electron chi connectivity index (χ4n) is 4.96. The molecule has 0 spiro atoms. The Hall–Kier alpha value is -2.65. The lowest BCUT2D eigenvalue weighted by atomic mass is 9.88. The summed E-state index contributed by atoms with van der Waals surface area (Å²) in [5, 5.41) is 6.35. The second-order valence-corrected chi connectivity index (χ2v) is 10.5. The molecule has 9 nitrogen and oxygen atoms in total. The summed E-state index contributed by atoms with van der Waals surface area (Å²) in [5.41, 5.74) is 1.47. The third-order valence-electron chi connectivity index (χ3n) is 7.13. The Kier molecular flexibility index (Phi) is 8.85. The molecule has 1 aromatic carbocycles. The van der Waals surface area contributed by atoms with Crippen LogP contribution in [0.25, 0.3) is 0 Å². The largest absolute Gasteiger partial charge is 0.482 e. The van der Waals surface area contributed by atoms with Crippen molar-refractivity contribution in [2.24, 2.45) is 17.8 Å². The van der Waals surface area contributed by atoms with Crippen LogP contribution in [0.15, 0.2) is 18.2 Å². The normalized spacial score (nSPS) is 21.7. The van der Waals surface area contributed by atoms with Gasteiger partial charge in [0.1, 0.15) is 5.75 Å². The predicted molar refractivity (Wildman–Crippen MR) is 138 cm³/mol. The average Bonchev–Trinajstić information content (AvgIpc) is 3.70. The van der Waals surface area contributed by atoms with Crippen molar-refractivity contribution < 1.29 is 23.9 Å². The van der Waals surface area contributed by atoms with Crippen molar-refractivity contribution in [3.05, 3.63) is 18.2 Å². The molecule has 2 heterocycles. The maximum Gasteiger partial charge on any atom is 0.265 e. The summed E-state index contributed by atoms with van der Waals surface area (Å²) in [7, 11) is 1.65. The van der Waals surface area contributed by atoms with Gasteiger partial charge in [-0.25, -0.2) is 0 Å². The first-order chi connectivity index (χ1) is 17.4. The van der Waals surface area contributed by atoms with E-state index in [4.69, 9.17) is 9.47 Å². The molecule has 198 valence electrons. The summed E-state index contributed by atoms with van der Waals surface area (Å²) < 4.78 is 10.8. The molecule has 2 N–H and O–H groups in total. The van der Waals surface area contributed by atoms with Crippen LogP contribution in [0.5, 0.6) is 5.75 Å². The van der Waals surface area contributed by atoms with E-state index in [1.54, 1.807) is 12.0 Å². The number of benzene rings is 1. The number of carbonyl (C=O) groups is 3. The first-order valence-electron chi connectivity index (χ1n) is 13.3. The molecule has 0 unspecified atom stereocenters. The molecule has 36 heavy (non-hydrogen) atoms. The first-order valence-corrected chi connectivity index (χ1v) is 13.3. The van der Waals surface area contributed by atoms with Gasteiger partial charge in [-0.2, -0.15) is 0 Å². The highest BCUT2D eigenvalue weighted by Gasteiger charge is 2.40. The summed E-state index contributed by atoms with van der Waals surface area (Å²) in [6.07, 6.45) is 4.10. The molecule has 2 aliphatic heterocycles. The van der Waals surface area contributed by atoms with Gasteiger partial charge in [-0.1, -0.05) is 13.8 Å². The van der Waals surface area contributed by atoms with Crippen LogP contribution in [0.4, 0.5) is 11.4 Å². The lowest BCUT2D eigenvalue weighted by Crippen LogP contribution is -2.50. The van der Waals surface area contributed by atoms with Crippen molar-refractivity contribution in [3.63, 3.8) is 0 Å². The number of rotatable bonds is 11. The zero-order valence-electron chi connectivity index (χ0n) is 21.8. The SMILES string of the molecule is COCCCN1C(=O)COc2ccc(N(C(=O)[C@@H]3CNC[C@@H](C(=O)NCCC(C)C)C3)C3CC3)cc21. The minimum atomic E-state index is -0.271. The van der Waals surface area contributed by atoms with E-state index in [2.05, 4.69) is 24.5 Å². The van der Waals surface area contributed by atoms with Crippen molar-refractivity contribution in [1.29, 1.82) is 0 Å². The number of hydrogen-bond donors (Lipinski definition) is 2. The molecular weight excluding hydrogens is 460 g/mol. The van der Waals surface area contributed by atoms with Gasteiger partial charge in [0.05, 0.1) is 17.5 Å². The average molecular weight is 501 g/mol. The molecule has 3 amide bonds. The highest BCUT2D eigenvalue weighted by Crippen LogP contribution is 2.40. The van der Waals surface area contributed by atoms with Crippen LogP contribution in [-0.2, 0) is 19.1 Å². The molecule has 1 saturated heterocycles. The van der Waals surface area contributed by atoms with Crippen LogP contribution >= 0.6 is 0 Å². The van der Waals surface area contributed by atoms with Gasteiger partial charge < -0.3 is 29.9 Å². The van der Waals surface area contributed by atoms with E-state index in [1.807, 2.05) is 23.1 Å². The topological polar surface area (TPSA) is 100 Å². The van der Waals surface area contributed by atoms with Crippen LogP contribution in [-0.4, -0.2) is 70.3 Å². The number of methoxy groups -OCH3 is 1. The van der Waals surface area contributed by atoms with Crippen molar-refractivity contribution in [3.8, 4) is 5.75 Å². The second kappa shape index (κ2) is 12.1. The predicted octanol–water partition coefficient (Wildman–Crippen LogP) is 2.33. The third kappa shape index (κ3) is 6.37. The second-order valence-electron chi connectivity index (χ2n) is 10.5.